The number of carbonyl (C=O) groups is 3. The zero-order valence-corrected chi connectivity index (χ0v) is 14.1. The summed E-state index contributed by atoms with van der Waals surface area (Å²) in [7, 11) is 0. The van der Waals surface area contributed by atoms with E-state index in [9.17, 15) is 19.5 Å². The van der Waals surface area contributed by atoms with Gasteiger partial charge in [-0.1, -0.05) is 19.3 Å². The summed E-state index contributed by atoms with van der Waals surface area (Å²) < 4.78 is 5.29. The van der Waals surface area contributed by atoms with Crippen molar-refractivity contribution >= 4 is 17.8 Å². The fourth-order valence-corrected chi connectivity index (χ4v) is 3.54. The van der Waals surface area contributed by atoms with Crippen molar-refractivity contribution in [2.24, 2.45) is 11.8 Å². The molecule has 1 aliphatic carbocycles. The molecule has 2 fully saturated rings. The van der Waals surface area contributed by atoms with Crippen molar-refractivity contribution in [1.29, 1.82) is 0 Å². The molecule has 136 valence electrons. The molecule has 1 saturated heterocycles. The van der Waals surface area contributed by atoms with Crippen molar-refractivity contribution < 1.29 is 24.2 Å². The molecule has 0 radical (unpaired) electrons. The first-order chi connectivity index (χ1) is 11.6. The van der Waals surface area contributed by atoms with Gasteiger partial charge < -0.3 is 20.5 Å². The number of carboxylic acid groups (broad SMARTS) is 1. The Labute approximate surface area is 142 Å². The molecule has 2 aliphatic rings. The fourth-order valence-electron chi connectivity index (χ4n) is 3.54. The van der Waals surface area contributed by atoms with E-state index in [1.807, 2.05) is 0 Å². The van der Waals surface area contributed by atoms with Crippen molar-refractivity contribution in [3.63, 3.8) is 0 Å². The van der Waals surface area contributed by atoms with Crippen LogP contribution in [0.2, 0.25) is 0 Å². The lowest BCUT2D eigenvalue weighted by molar-refractivity contribution is -0.145. The summed E-state index contributed by atoms with van der Waals surface area (Å²) in [5.41, 5.74) is 0. The summed E-state index contributed by atoms with van der Waals surface area (Å²) in [5.74, 6) is -1.48. The molecule has 0 aromatic heterocycles. The Bertz CT molecular complexity index is 442. The van der Waals surface area contributed by atoms with Crippen LogP contribution in [0, 0.1) is 11.8 Å². The van der Waals surface area contributed by atoms with E-state index in [1.165, 1.54) is 19.3 Å². The van der Waals surface area contributed by atoms with Crippen LogP contribution in [-0.4, -0.2) is 48.7 Å². The lowest BCUT2D eigenvalue weighted by Crippen LogP contribution is -2.51. The van der Waals surface area contributed by atoms with Gasteiger partial charge in [-0.25, -0.2) is 4.79 Å². The fraction of sp³-hybridized carbons (Fsp3) is 0.824. The molecule has 1 heterocycles. The van der Waals surface area contributed by atoms with Gasteiger partial charge in [0, 0.05) is 18.9 Å². The van der Waals surface area contributed by atoms with Crippen LogP contribution < -0.4 is 10.6 Å². The van der Waals surface area contributed by atoms with Gasteiger partial charge in [0.2, 0.25) is 11.8 Å². The predicted molar refractivity (Wildman–Crippen MR) is 87.3 cm³/mol. The summed E-state index contributed by atoms with van der Waals surface area (Å²) in [6.45, 7) is 0.794. The van der Waals surface area contributed by atoms with Gasteiger partial charge in [0.1, 0.15) is 6.04 Å². The van der Waals surface area contributed by atoms with E-state index in [2.05, 4.69) is 10.6 Å². The molecule has 0 aromatic rings. The molecule has 7 nitrogen and oxygen atoms in total. The second-order valence-electron chi connectivity index (χ2n) is 6.85. The van der Waals surface area contributed by atoms with Crippen molar-refractivity contribution in [3.8, 4) is 0 Å². The predicted octanol–water partition coefficient (Wildman–Crippen LogP) is 1.07. The molecular weight excluding hydrogens is 312 g/mol. The average molecular weight is 340 g/mol. The van der Waals surface area contributed by atoms with Gasteiger partial charge in [0.15, 0.2) is 0 Å². The summed E-state index contributed by atoms with van der Waals surface area (Å²) in [5, 5.41) is 14.4. The molecule has 1 saturated carbocycles. The van der Waals surface area contributed by atoms with Crippen molar-refractivity contribution in [2.45, 2.75) is 57.4 Å². The molecule has 2 atom stereocenters. The first kappa shape index (κ1) is 18.7. The molecule has 2 unspecified atom stereocenters. The summed E-state index contributed by atoms with van der Waals surface area (Å²) in [6.07, 6.45) is 7.68. The molecule has 3 N–H and O–H groups in total. The van der Waals surface area contributed by atoms with E-state index >= 15 is 0 Å². The zero-order chi connectivity index (χ0) is 17.4. The largest absolute Gasteiger partial charge is 0.480 e. The van der Waals surface area contributed by atoms with E-state index in [0.717, 1.165) is 19.3 Å². The van der Waals surface area contributed by atoms with Gasteiger partial charge in [-0.15, -0.1) is 0 Å². The quantitative estimate of drug-likeness (QED) is 0.643. The van der Waals surface area contributed by atoms with E-state index < -0.39 is 17.9 Å². The molecule has 0 aromatic carbocycles. The number of hydrogen-bond donors (Lipinski definition) is 3. The Balaban J connectivity index is 1.71. The van der Waals surface area contributed by atoms with E-state index in [0.29, 0.717) is 32.0 Å². The van der Waals surface area contributed by atoms with Gasteiger partial charge in [-0.3, -0.25) is 9.59 Å². The summed E-state index contributed by atoms with van der Waals surface area (Å²) in [6, 6.07) is -0.965. The highest BCUT2D eigenvalue weighted by Crippen LogP contribution is 2.26. The van der Waals surface area contributed by atoms with Crippen LogP contribution in [0.4, 0.5) is 0 Å². The third kappa shape index (κ3) is 6.11. The lowest BCUT2D eigenvalue weighted by atomic mass is 9.87. The number of carboxylic acids is 1. The second kappa shape index (κ2) is 9.61. The monoisotopic (exact) mass is 340 g/mol. The Morgan fingerprint density at radius 3 is 2.42 bits per heavy atom. The minimum atomic E-state index is -1.06. The molecule has 2 amide bonds. The van der Waals surface area contributed by atoms with E-state index in [1.54, 1.807) is 0 Å². The van der Waals surface area contributed by atoms with E-state index in [-0.39, 0.29) is 18.4 Å². The Hall–Kier alpha value is -1.63. The first-order valence-electron chi connectivity index (χ1n) is 8.93. The van der Waals surface area contributed by atoms with Crippen LogP contribution in [0.1, 0.15) is 51.4 Å². The minimum absolute atomic E-state index is 0.134. The standard InChI is InChI=1S/C17H28N2O5/c20-14(9-12-5-2-1-3-6-12)18-10-15(21)19-16(17(22)23)13-7-4-8-24-11-13/h12-13,16H,1-11H2,(H,18,20)(H,19,21)(H,22,23). The molecular formula is C17H28N2O5. The van der Waals surface area contributed by atoms with Gasteiger partial charge >= 0.3 is 5.97 Å². The van der Waals surface area contributed by atoms with Gasteiger partial charge in [0.05, 0.1) is 13.2 Å². The number of aliphatic carboxylic acids is 1. The van der Waals surface area contributed by atoms with Gasteiger partial charge in [0.25, 0.3) is 0 Å². The van der Waals surface area contributed by atoms with Crippen LogP contribution >= 0.6 is 0 Å². The molecule has 7 heteroatoms. The highest BCUT2D eigenvalue weighted by atomic mass is 16.5. The number of carbonyl (C=O) groups excluding carboxylic acids is 2. The van der Waals surface area contributed by atoms with Crippen molar-refractivity contribution in [3.05, 3.63) is 0 Å². The SMILES string of the molecule is O=C(CC1CCCCC1)NCC(=O)NC(C(=O)O)C1CCCOC1. The third-order valence-corrected chi connectivity index (χ3v) is 4.89. The van der Waals surface area contributed by atoms with E-state index in [4.69, 9.17) is 4.74 Å². The first-order valence-corrected chi connectivity index (χ1v) is 8.93. The van der Waals surface area contributed by atoms with Crippen LogP contribution in [0.25, 0.3) is 0 Å². The van der Waals surface area contributed by atoms with Gasteiger partial charge in [-0.2, -0.15) is 0 Å². The minimum Gasteiger partial charge on any atom is -0.480 e. The maximum Gasteiger partial charge on any atom is 0.326 e. The lowest BCUT2D eigenvalue weighted by Gasteiger charge is -2.28. The molecule has 1 aliphatic heterocycles. The van der Waals surface area contributed by atoms with Gasteiger partial charge in [-0.05, 0) is 31.6 Å². The Morgan fingerprint density at radius 1 is 1.04 bits per heavy atom. The Morgan fingerprint density at radius 2 is 1.79 bits per heavy atom. The van der Waals surface area contributed by atoms with Crippen LogP contribution in [-0.2, 0) is 19.1 Å². The van der Waals surface area contributed by atoms with Crippen LogP contribution in [0.15, 0.2) is 0 Å². The maximum absolute atomic E-state index is 12.0. The number of ether oxygens (including phenoxy) is 1. The molecule has 24 heavy (non-hydrogen) atoms. The Kier molecular flexibility index (Phi) is 7.49. The van der Waals surface area contributed by atoms with Crippen LogP contribution in [0.5, 0.6) is 0 Å². The molecule has 2 rings (SSSR count). The second-order valence-corrected chi connectivity index (χ2v) is 6.85. The number of rotatable bonds is 7. The number of amides is 2. The van der Waals surface area contributed by atoms with Crippen molar-refractivity contribution in [1.82, 2.24) is 10.6 Å². The topological polar surface area (TPSA) is 105 Å². The summed E-state index contributed by atoms with van der Waals surface area (Å²) in [4.78, 5) is 35.3. The molecule has 0 spiro atoms. The normalized spacial score (nSPS) is 23.2. The zero-order valence-electron chi connectivity index (χ0n) is 14.1. The smallest absolute Gasteiger partial charge is 0.326 e. The number of hydrogen-bond acceptors (Lipinski definition) is 4. The maximum atomic E-state index is 12.0. The third-order valence-electron chi connectivity index (χ3n) is 4.89. The van der Waals surface area contributed by atoms with Crippen molar-refractivity contribution in [2.75, 3.05) is 19.8 Å². The highest BCUT2D eigenvalue weighted by molar-refractivity contribution is 5.88. The summed E-state index contributed by atoms with van der Waals surface area (Å²) >= 11 is 0. The average Bonchev–Trinajstić information content (AvgIpc) is 2.59. The number of nitrogens with one attached hydrogen (secondary N) is 2. The highest BCUT2D eigenvalue weighted by Gasteiger charge is 2.31. The molecule has 0 bridgehead atoms. The van der Waals surface area contributed by atoms with Crippen LogP contribution in [0.3, 0.4) is 0 Å².